The molecule has 0 saturated carbocycles. The Hall–Kier alpha value is -2.94. The van der Waals surface area contributed by atoms with E-state index in [-0.39, 0.29) is 23.2 Å². The fourth-order valence-electron chi connectivity index (χ4n) is 2.34. The van der Waals surface area contributed by atoms with Crippen LogP contribution < -0.4 is 5.56 Å². The Bertz CT molecular complexity index is 874. The molecule has 0 aliphatic carbocycles. The van der Waals surface area contributed by atoms with E-state index in [4.69, 9.17) is 0 Å². The topological polar surface area (TPSA) is 90.7 Å². The number of aryl methyl sites for hydroxylation is 1. The first-order valence-corrected chi connectivity index (χ1v) is 7.77. The van der Waals surface area contributed by atoms with Crippen molar-refractivity contribution >= 4 is 11.4 Å². The molecule has 0 saturated heterocycles. The first-order chi connectivity index (χ1) is 11.4. The number of nitriles is 1. The molecule has 0 spiro atoms. The van der Waals surface area contributed by atoms with Crippen LogP contribution in [0.1, 0.15) is 43.0 Å². The number of rotatable bonds is 4. The molecule has 0 aliphatic heterocycles. The molecule has 0 aliphatic rings. The maximum absolute atomic E-state index is 12.7. The van der Waals surface area contributed by atoms with Gasteiger partial charge in [-0.25, -0.2) is 0 Å². The molecule has 1 heterocycles. The number of azo groups is 1. The van der Waals surface area contributed by atoms with Gasteiger partial charge >= 0.3 is 0 Å². The number of aromatic nitrogens is 1. The number of pyridine rings is 1. The van der Waals surface area contributed by atoms with E-state index in [1.807, 2.05) is 32.0 Å². The fraction of sp³-hybridized carbons (Fsp3) is 0.333. The summed E-state index contributed by atoms with van der Waals surface area (Å²) in [6.07, 6.45) is 0.635. The molecule has 24 heavy (non-hydrogen) atoms. The van der Waals surface area contributed by atoms with Crippen LogP contribution in [0.15, 0.2) is 39.3 Å². The second-order valence-corrected chi connectivity index (χ2v) is 5.75. The minimum atomic E-state index is -0.450. The lowest BCUT2D eigenvalue weighted by atomic mass is 10.1. The number of aromatic hydroxyl groups is 1. The van der Waals surface area contributed by atoms with Gasteiger partial charge in [0.2, 0.25) is 5.88 Å². The van der Waals surface area contributed by atoms with Crippen LogP contribution in [0, 0.1) is 25.2 Å². The maximum atomic E-state index is 12.7. The first-order valence-electron chi connectivity index (χ1n) is 7.77. The van der Waals surface area contributed by atoms with Crippen LogP contribution in [0.4, 0.5) is 11.4 Å². The van der Waals surface area contributed by atoms with Crippen LogP contribution in [0.25, 0.3) is 0 Å². The Morgan fingerprint density at radius 2 is 1.88 bits per heavy atom. The monoisotopic (exact) mass is 324 g/mol. The van der Waals surface area contributed by atoms with Crippen LogP contribution in [0.2, 0.25) is 0 Å². The SMILES string of the molecule is CCC(C)n1c(O)c(C#N)c(C)c(N=Nc2ccc(C)cc2)c1=O. The van der Waals surface area contributed by atoms with Crippen molar-refractivity contribution in [3.05, 3.63) is 51.3 Å². The Kier molecular flexibility index (Phi) is 5.14. The molecule has 124 valence electrons. The van der Waals surface area contributed by atoms with Crippen molar-refractivity contribution in [2.24, 2.45) is 10.2 Å². The summed E-state index contributed by atoms with van der Waals surface area (Å²) in [7, 11) is 0. The van der Waals surface area contributed by atoms with Crippen LogP contribution in [0.3, 0.4) is 0 Å². The maximum Gasteiger partial charge on any atom is 0.281 e. The Morgan fingerprint density at radius 1 is 1.25 bits per heavy atom. The molecular formula is C18H20N4O2. The molecule has 1 unspecified atom stereocenters. The second kappa shape index (κ2) is 7.09. The van der Waals surface area contributed by atoms with E-state index in [1.165, 1.54) is 4.57 Å². The summed E-state index contributed by atoms with van der Waals surface area (Å²) in [4.78, 5) is 12.7. The largest absolute Gasteiger partial charge is 0.493 e. The van der Waals surface area contributed by atoms with Gasteiger partial charge in [0.1, 0.15) is 11.6 Å². The van der Waals surface area contributed by atoms with Crippen molar-refractivity contribution in [1.82, 2.24) is 4.57 Å². The van der Waals surface area contributed by atoms with Crippen molar-refractivity contribution in [3.8, 4) is 11.9 Å². The zero-order valence-corrected chi connectivity index (χ0v) is 14.2. The van der Waals surface area contributed by atoms with Crippen molar-refractivity contribution in [2.75, 3.05) is 0 Å². The number of benzene rings is 1. The van der Waals surface area contributed by atoms with E-state index < -0.39 is 5.56 Å². The summed E-state index contributed by atoms with van der Waals surface area (Å²) in [5.74, 6) is -0.316. The van der Waals surface area contributed by atoms with Gasteiger partial charge in [0, 0.05) is 11.6 Å². The van der Waals surface area contributed by atoms with E-state index >= 15 is 0 Å². The van der Waals surface area contributed by atoms with Gasteiger partial charge in [0.05, 0.1) is 5.69 Å². The summed E-state index contributed by atoms with van der Waals surface area (Å²) in [5, 5.41) is 27.7. The van der Waals surface area contributed by atoms with Crippen LogP contribution in [-0.4, -0.2) is 9.67 Å². The highest BCUT2D eigenvalue weighted by Gasteiger charge is 2.21. The van der Waals surface area contributed by atoms with E-state index in [0.29, 0.717) is 17.7 Å². The third kappa shape index (κ3) is 3.20. The quantitative estimate of drug-likeness (QED) is 0.843. The van der Waals surface area contributed by atoms with Crippen molar-refractivity contribution in [2.45, 2.75) is 40.2 Å². The lowest BCUT2D eigenvalue weighted by Gasteiger charge is -2.17. The van der Waals surface area contributed by atoms with Gasteiger partial charge in [0.25, 0.3) is 5.56 Å². The summed E-state index contributed by atoms with van der Waals surface area (Å²) >= 11 is 0. The Morgan fingerprint density at radius 3 is 2.42 bits per heavy atom. The van der Waals surface area contributed by atoms with E-state index in [9.17, 15) is 15.2 Å². The predicted octanol–water partition coefficient (Wildman–Crippen LogP) is 4.43. The van der Waals surface area contributed by atoms with Crippen molar-refractivity contribution < 1.29 is 5.11 Å². The van der Waals surface area contributed by atoms with Gasteiger partial charge in [0.15, 0.2) is 5.69 Å². The molecule has 1 N–H and O–H groups in total. The van der Waals surface area contributed by atoms with E-state index in [2.05, 4.69) is 10.2 Å². The normalized spacial score (nSPS) is 12.3. The summed E-state index contributed by atoms with van der Waals surface area (Å²) in [6.45, 7) is 7.26. The van der Waals surface area contributed by atoms with E-state index in [1.54, 1.807) is 26.0 Å². The zero-order chi connectivity index (χ0) is 17.9. The zero-order valence-electron chi connectivity index (χ0n) is 14.2. The van der Waals surface area contributed by atoms with Crippen LogP contribution in [0.5, 0.6) is 5.88 Å². The second-order valence-electron chi connectivity index (χ2n) is 5.75. The number of hydrogen-bond donors (Lipinski definition) is 1. The molecule has 1 atom stereocenters. The average molecular weight is 324 g/mol. The van der Waals surface area contributed by atoms with Crippen LogP contribution in [-0.2, 0) is 0 Å². The van der Waals surface area contributed by atoms with Crippen molar-refractivity contribution in [1.29, 1.82) is 5.26 Å². The van der Waals surface area contributed by atoms with Gasteiger partial charge < -0.3 is 5.11 Å². The fourth-order valence-corrected chi connectivity index (χ4v) is 2.34. The average Bonchev–Trinajstić information content (AvgIpc) is 2.56. The van der Waals surface area contributed by atoms with Gasteiger partial charge in [-0.05, 0) is 39.3 Å². The van der Waals surface area contributed by atoms with Gasteiger partial charge in [-0.2, -0.15) is 10.4 Å². The Balaban J connectivity index is 2.63. The lowest BCUT2D eigenvalue weighted by Crippen LogP contribution is -2.24. The number of hydrogen-bond acceptors (Lipinski definition) is 5. The van der Waals surface area contributed by atoms with E-state index in [0.717, 1.165) is 5.56 Å². The van der Waals surface area contributed by atoms with Crippen LogP contribution >= 0.6 is 0 Å². The molecule has 0 fully saturated rings. The standard InChI is InChI=1S/C18H20N4O2/c1-5-12(3)22-17(23)15(10-19)13(4)16(18(22)24)21-20-14-8-6-11(2)7-9-14/h6-9,12,23H,5H2,1-4H3. The minimum absolute atomic E-state index is 0.0488. The van der Waals surface area contributed by atoms with Crippen molar-refractivity contribution in [3.63, 3.8) is 0 Å². The third-order valence-corrected chi connectivity index (χ3v) is 4.05. The molecule has 2 aromatic rings. The lowest BCUT2D eigenvalue weighted by molar-refractivity contribution is 0.372. The van der Waals surface area contributed by atoms with Gasteiger partial charge in [-0.15, -0.1) is 5.11 Å². The molecule has 1 aromatic heterocycles. The summed E-state index contributed by atoms with van der Waals surface area (Å²) in [5.41, 5.74) is 1.71. The molecule has 6 nitrogen and oxygen atoms in total. The highest BCUT2D eigenvalue weighted by Crippen LogP contribution is 2.29. The van der Waals surface area contributed by atoms with Gasteiger partial charge in [-0.1, -0.05) is 24.6 Å². The molecule has 1 aromatic carbocycles. The summed E-state index contributed by atoms with van der Waals surface area (Å²) in [6, 6.07) is 9.09. The Labute approximate surface area is 140 Å². The molecular weight excluding hydrogens is 304 g/mol. The molecule has 0 bridgehead atoms. The molecule has 0 amide bonds. The molecule has 2 rings (SSSR count). The predicted molar refractivity (Wildman–Crippen MR) is 92.2 cm³/mol. The smallest absolute Gasteiger partial charge is 0.281 e. The highest BCUT2D eigenvalue weighted by atomic mass is 16.3. The summed E-state index contributed by atoms with van der Waals surface area (Å²) < 4.78 is 1.20. The highest BCUT2D eigenvalue weighted by molar-refractivity contribution is 5.57. The minimum Gasteiger partial charge on any atom is -0.493 e. The number of nitrogens with zero attached hydrogens (tertiary/aromatic N) is 4. The third-order valence-electron chi connectivity index (χ3n) is 4.05. The van der Waals surface area contributed by atoms with Gasteiger partial charge in [-0.3, -0.25) is 9.36 Å². The first kappa shape index (κ1) is 17.4. The molecule has 0 radical (unpaired) electrons. The molecule has 6 heteroatoms.